The molecule has 0 aliphatic carbocycles. The van der Waals surface area contributed by atoms with E-state index in [1.54, 1.807) is 6.07 Å². The highest BCUT2D eigenvalue weighted by molar-refractivity contribution is 6.30. The zero-order valence-corrected chi connectivity index (χ0v) is 14.8. The van der Waals surface area contributed by atoms with Crippen LogP contribution in [0.2, 0.25) is 5.02 Å². The van der Waals surface area contributed by atoms with E-state index in [9.17, 15) is 14.0 Å². The maximum absolute atomic E-state index is 13.7. The number of hydrogen-bond acceptors (Lipinski definition) is 3. The van der Waals surface area contributed by atoms with Crippen LogP contribution in [0.4, 0.5) is 4.39 Å². The number of benzene rings is 1. The summed E-state index contributed by atoms with van der Waals surface area (Å²) in [6, 6.07) is 5.64. The van der Waals surface area contributed by atoms with Crippen molar-refractivity contribution in [1.29, 1.82) is 0 Å². The topological polar surface area (TPSA) is 48.3 Å². The molecule has 1 heterocycles. The first kappa shape index (κ1) is 18.2. The number of hydrogen-bond donors (Lipinski definition) is 0. The lowest BCUT2D eigenvalue weighted by molar-refractivity contribution is 0.0470. The average molecular weight is 352 g/mol. The summed E-state index contributed by atoms with van der Waals surface area (Å²) < 4.78 is 20.7. The highest BCUT2D eigenvalue weighted by atomic mass is 35.5. The zero-order valence-electron chi connectivity index (χ0n) is 14.0. The Morgan fingerprint density at radius 2 is 1.88 bits per heavy atom. The molecule has 2 rings (SSSR count). The maximum Gasteiger partial charge on any atom is 0.341 e. The van der Waals surface area contributed by atoms with Gasteiger partial charge in [0, 0.05) is 28.0 Å². The minimum Gasteiger partial charge on any atom is -0.454 e. The highest BCUT2D eigenvalue weighted by Crippen LogP contribution is 2.21. The summed E-state index contributed by atoms with van der Waals surface area (Å²) >= 11 is 5.64. The van der Waals surface area contributed by atoms with Crippen molar-refractivity contribution in [1.82, 2.24) is 4.57 Å². The summed E-state index contributed by atoms with van der Waals surface area (Å²) in [4.78, 5) is 24.2. The van der Waals surface area contributed by atoms with Gasteiger partial charge in [-0.1, -0.05) is 11.6 Å². The largest absolute Gasteiger partial charge is 0.454 e. The third kappa shape index (κ3) is 3.67. The van der Waals surface area contributed by atoms with Gasteiger partial charge in [-0.05, 0) is 52.0 Å². The molecule has 0 atom stereocenters. The SMILES string of the molecule is Cc1cc(C(=O)COC(=O)c2ccc(Cl)cc2F)c(C)n1C(C)C. The van der Waals surface area contributed by atoms with Gasteiger partial charge in [-0.3, -0.25) is 4.79 Å². The molecule has 0 aliphatic heterocycles. The zero-order chi connectivity index (χ0) is 18.0. The monoisotopic (exact) mass is 351 g/mol. The molecule has 0 saturated carbocycles. The highest BCUT2D eigenvalue weighted by Gasteiger charge is 2.20. The van der Waals surface area contributed by atoms with Crippen LogP contribution < -0.4 is 0 Å². The molecule has 0 bridgehead atoms. The van der Waals surface area contributed by atoms with Gasteiger partial charge in [0.1, 0.15) is 5.82 Å². The van der Waals surface area contributed by atoms with Gasteiger partial charge in [-0.2, -0.15) is 0 Å². The Hall–Kier alpha value is -2.14. The summed E-state index contributed by atoms with van der Waals surface area (Å²) in [5.41, 5.74) is 2.03. The van der Waals surface area contributed by atoms with Crippen molar-refractivity contribution < 1.29 is 18.7 Å². The molecule has 0 fully saturated rings. The van der Waals surface area contributed by atoms with Crippen LogP contribution in [0, 0.1) is 19.7 Å². The molecule has 0 amide bonds. The Balaban J connectivity index is 2.11. The van der Waals surface area contributed by atoms with Gasteiger partial charge in [0.25, 0.3) is 0 Å². The predicted molar refractivity (Wildman–Crippen MR) is 90.3 cm³/mol. The normalized spacial score (nSPS) is 11.0. The second-order valence-corrected chi connectivity index (χ2v) is 6.31. The third-order valence-corrected chi connectivity index (χ3v) is 4.02. The van der Waals surface area contributed by atoms with E-state index < -0.39 is 18.4 Å². The molecule has 0 unspecified atom stereocenters. The molecule has 128 valence electrons. The van der Waals surface area contributed by atoms with Crippen molar-refractivity contribution in [3.8, 4) is 0 Å². The molecule has 0 aliphatic rings. The number of Topliss-reactive ketones (excluding diaryl/α,β-unsaturated/α-hetero) is 1. The fraction of sp³-hybridized carbons (Fsp3) is 0.333. The van der Waals surface area contributed by atoms with Crippen molar-refractivity contribution >= 4 is 23.4 Å². The number of ketones is 1. The predicted octanol–water partition coefficient (Wildman–Crippen LogP) is 4.52. The summed E-state index contributed by atoms with van der Waals surface area (Å²) in [6.07, 6.45) is 0. The van der Waals surface area contributed by atoms with Gasteiger partial charge < -0.3 is 9.30 Å². The minimum atomic E-state index is -0.893. The molecule has 24 heavy (non-hydrogen) atoms. The van der Waals surface area contributed by atoms with Crippen LogP contribution in [0.3, 0.4) is 0 Å². The van der Waals surface area contributed by atoms with Crippen molar-refractivity contribution in [3.05, 3.63) is 57.6 Å². The summed E-state index contributed by atoms with van der Waals surface area (Å²) in [6.45, 7) is 7.37. The van der Waals surface area contributed by atoms with E-state index in [2.05, 4.69) is 0 Å². The van der Waals surface area contributed by atoms with E-state index in [-0.39, 0.29) is 22.4 Å². The van der Waals surface area contributed by atoms with E-state index in [1.807, 2.05) is 32.3 Å². The van der Waals surface area contributed by atoms with Gasteiger partial charge in [0.2, 0.25) is 5.78 Å². The van der Waals surface area contributed by atoms with Crippen molar-refractivity contribution in [3.63, 3.8) is 0 Å². The summed E-state index contributed by atoms with van der Waals surface area (Å²) in [5.74, 6) is -1.99. The van der Waals surface area contributed by atoms with E-state index >= 15 is 0 Å². The number of carbonyl (C=O) groups excluding carboxylic acids is 2. The number of aromatic nitrogens is 1. The van der Waals surface area contributed by atoms with Gasteiger partial charge in [-0.25, -0.2) is 9.18 Å². The number of halogens is 2. The van der Waals surface area contributed by atoms with Crippen LogP contribution in [-0.4, -0.2) is 22.9 Å². The summed E-state index contributed by atoms with van der Waals surface area (Å²) in [5, 5.41) is 0.182. The molecule has 0 radical (unpaired) electrons. The average Bonchev–Trinajstić information content (AvgIpc) is 2.79. The Morgan fingerprint density at radius 3 is 2.42 bits per heavy atom. The van der Waals surface area contributed by atoms with E-state index in [0.29, 0.717) is 5.56 Å². The number of carbonyl (C=O) groups is 2. The Morgan fingerprint density at radius 1 is 1.21 bits per heavy atom. The smallest absolute Gasteiger partial charge is 0.341 e. The molecule has 2 aromatic rings. The first-order chi connectivity index (χ1) is 11.2. The number of esters is 1. The molecule has 0 saturated heterocycles. The van der Waals surface area contributed by atoms with E-state index in [0.717, 1.165) is 17.5 Å². The molecule has 0 N–H and O–H groups in total. The van der Waals surface area contributed by atoms with Crippen LogP contribution in [0.5, 0.6) is 0 Å². The molecular formula is C18H19ClFNO3. The molecular weight excluding hydrogens is 333 g/mol. The molecule has 4 nitrogen and oxygen atoms in total. The second-order valence-electron chi connectivity index (χ2n) is 5.87. The van der Waals surface area contributed by atoms with Crippen LogP contribution >= 0.6 is 11.6 Å². The minimum absolute atomic E-state index is 0.182. The summed E-state index contributed by atoms with van der Waals surface area (Å²) in [7, 11) is 0. The number of aryl methyl sites for hydroxylation is 1. The van der Waals surface area contributed by atoms with Gasteiger partial charge in [-0.15, -0.1) is 0 Å². The molecule has 6 heteroatoms. The Labute approximate surface area is 145 Å². The first-order valence-electron chi connectivity index (χ1n) is 7.56. The van der Waals surface area contributed by atoms with Crippen molar-refractivity contribution in [2.75, 3.05) is 6.61 Å². The number of nitrogens with zero attached hydrogens (tertiary/aromatic N) is 1. The fourth-order valence-corrected chi connectivity index (χ4v) is 2.95. The maximum atomic E-state index is 13.7. The van der Waals surface area contributed by atoms with Gasteiger partial charge in [0.05, 0.1) is 5.56 Å². The van der Waals surface area contributed by atoms with Gasteiger partial charge in [0.15, 0.2) is 6.61 Å². The van der Waals surface area contributed by atoms with Gasteiger partial charge >= 0.3 is 5.97 Å². The Bertz CT molecular complexity index is 796. The number of ether oxygens (including phenoxy) is 1. The fourth-order valence-electron chi connectivity index (χ4n) is 2.80. The molecule has 0 spiro atoms. The standard InChI is InChI=1S/C18H19ClFNO3/c1-10(2)21-11(3)7-15(12(21)4)17(22)9-24-18(23)14-6-5-13(19)8-16(14)20/h5-8,10H,9H2,1-4H3. The van der Waals surface area contributed by atoms with Crippen LogP contribution in [-0.2, 0) is 4.74 Å². The molecule has 1 aromatic heterocycles. The quantitative estimate of drug-likeness (QED) is 0.588. The van der Waals surface area contributed by atoms with Crippen LogP contribution in [0.15, 0.2) is 24.3 Å². The lowest BCUT2D eigenvalue weighted by Crippen LogP contribution is -2.16. The van der Waals surface area contributed by atoms with E-state index in [1.165, 1.54) is 12.1 Å². The van der Waals surface area contributed by atoms with E-state index in [4.69, 9.17) is 16.3 Å². The lowest BCUT2D eigenvalue weighted by atomic mass is 10.1. The second kappa shape index (κ2) is 7.18. The first-order valence-corrected chi connectivity index (χ1v) is 7.94. The van der Waals surface area contributed by atoms with Crippen LogP contribution in [0.25, 0.3) is 0 Å². The Kier molecular flexibility index (Phi) is 5.44. The van der Waals surface area contributed by atoms with Crippen LogP contribution in [0.1, 0.15) is 52.0 Å². The van der Waals surface area contributed by atoms with Crippen molar-refractivity contribution in [2.45, 2.75) is 33.7 Å². The molecule has 1 aromatic carbocycles. The lowest BCUT2D eigenvalue weighted by Gasteiger charge is -2.13. The number of rotatable bonds is 5. The van der Waals surface area contributed by atoms with Crippen molar-refractivity contribution in [2.24, 2.45) is 0 Å². The third-order valence-electron chi connectivity index (χ3n) is 3.79.